The van der Waals surface area contributed by atoms with Crippen molar-refractivity contribution in [3.05, 3.63) is 38.9 Å². The molecule has 2 aromatic rings. The number of fused-ring (bicyclic) bond motifs is 1. The number of methoxy groups -OCH3 is 1. The van der Waals surface area contributed by atoms with Crippen molar-refractivity contribution < 1.29 is 9.53 Å². The van der Waals surface area contributed by atoms with Gasteiger partial charge in [-0.25, -0.2) is 0 Å². The summed E-state index contributed by atoms with van der Waals surface area (Å²) < 4.78 is 7.31. The van der Waals surface area contributed by atoms with E-state index in [-0.39, 0.29) is 29.0 Å². The summed E-state index contributed by atoms with van der Waals surface area (Å²) in [6, 6.07) is 5.13. The molecule has 3 rings (SSSR count). The number of nitrogens with zero attached hydrogens (tertiary/aromatic N) is 1. The summed E-state index contributed by atoms with van der Waals surface area (Å²) in [7, 11) is 3.36. The lowest BCUT2D eigenvalue weighted by atomic mass is 9.58. The van der Waals surface area contributed by atoms with Gasteiger partial charge in [-0.2, -0.15) is 0 Å². The average molecular weight is 375 g/mol. The molecule has 26 heavy (non-hydrogen) atoms. The highest BCUT2D eigenvalue weighted by Crippen LogP contribution is 2.48. The number of hydrogen-bond donors (Lipinski definition) is 2. The van der Waals surface area contributed by atoms with Gasteiger partial charge in [-0.1, -0.05) is 13.8 Å². The van der Waals surface area contributed by atoms with Gasteiger partial charge in [0.05, 0.1) is 17.0 Å². The van der Waals surface area contributed by atoms with Gasteiger partial charge < -0.3 is 15.0 Å². The zero-order chi connectivity index (χ0) is 19.1. The minimum absolute atomic E-state index is 0.0168. The normalized spacial score (nSPS) is 21.4. The maximum Gasteiger partial charge on any atom is 0.261 e. The molecule has 7 heteroatoms. The van der Waals surface area contributed by atoms with Crippen LogP contribution in [-0.2, 0) is 11.8 Å². The number of carbonyl (C=O) groups excluding carboxylic acids is 1. The van der Waals surface area contributed by atoms with Crippen LogP contribution < -0.4 is 10.9 Å². The molecule has 1 amide bonds. The van der Waals surface area contributed by atoms with Crippen LogP contribution in [0.3, 0.4) is 0 Å². The second kappa shape index (κ2) is 6.96. The van der Waals surface area contributed by atoms with Crippen molar-refractivity contribution in [1.82, 2.24) is 14.9 Å². The Morgan fingerprint density at radius 3 is 2.73 bits per heavy atom. The number of aromatic amines is 1. The topological polar surface area (TPSA) is 76.1 Å². The lowest BCUT2D eigenvalue weighted by molar-refractivity contribution is -0.120. The molecule has 1 aromatic carbocycles. The number of nitrogens with one attached hydrogen (secondary N) is 2. The van der Waals surface area contributed by atoms with E-state index in [2.05, 4.69) is 24.1 Å². The number of hydrogen-bond acceptors (Lipinski definition) is 4. The molecule has 0 aliphatic heterocycles. The Morgan fingerprint density at radius 2 is 2.12 bits per heavy atom. The lowest BCUT2D eigenvalue weighted by Gasteiger charge is -2.55. The van der Waals surface area contributed by atoms with Crippen LogP contribution in [0.25, 0.3) is 10.9 Å². The van der Waals surface area contributed by atoms with E-state index in [1.165, 1.54) is 4.57 Å². The SMILES string of the molecule is CCC1(CC)[C@@H](OC)C[C@H]1NC(=O)c1ccc2c(=O)n(C)c(=S)[nH]c2c1. The molecule has 0 saturated heterocycles. The van der Waals surface area contributed by atoms with Gasteiger partial charge in [-0.05, 0) is 49.7 Å². The van der Waals surface area contributed by atoms with Gasteiger partial charge >= 0.3 is 0 Å². The van der Waals surface area contributed by atoms with E-state index in [1.54, 1.807) is 32.4 Å². The highest BCUT2D eigenvalue weighted by Gasteiger charge is 2.53. The molecule has 140 valence electrons. The highest BCUT2D eigenvalue weighted by molar-refractivity contribution is 7.71. The van der Waals surface area contributed by atoms with Crippen molar-refractivity contribution in [3.63, 3.8) is 0 Å². The minimum Gasteiger partial charge on any atom is -0.381 e. The second-order valence-corrected chi connectivity index (χ2v) is 7.37. The fourth-order valence-corrected chi connectivity index (χ4v) is 4.36. The molecular weight excluding hydrogens is 350 g/mol. The van der Waals surface area contributed by atoms with Crippen molar-refractivity contribution in [3.8, 4) is 0 Å². The standard InChI is InChI=1S/C19H25N3O3S/c1-5-19(6-2)14(10-15(19)25-4)21-16(23)11-7-8-12-13(9-11)20-18(26)22(3)17(12)24/h7-9,14-15H,5-6,10H2,1-4H3,(H,20,26)(H,21,23)/t14-,15+/m1/s1. The highest BCUT2D eigenvalue weighted by atomic mass is 32.1. The van der Waals surface area contributed by atoms with E-state index < -0.39 is 0 Å². The predicted octanol–water partition coefficient (Wildman–Crippen LogP) is 2.92. The van der Waals surface area contributed by atoms with Crippen LogP contribution in [-0.4, -0.2) is 34.7 Å². The van der Waals surface area contributed by atoms with Crippen molar-refractivity contribution in [2.75, 3.05) is 7.11 Å². The van der Waals surface area contributed by atoms with Crippen LogP contribution in [0, 0.1) is 10.2 Å². The molecule has 1 aliphatic carbocycles. The van der Waals surface area contributed by atoms with Crippen molar-refractivity contribution in [1.29, 1.82) is 0 Å². The zero-order valence-corrected chi connectivity index (χ0v) is 16.4. The van der Waals surface area contributed by atoms with Gasteiger partial charge in [-0.3, -0.25) is 14.2 Å². The first-order chi connectivity index (χ1) is 12.4. The van der Waals surface area contributed by atoms with Crippen molar-refractivity contribution in [2.24, 2.45) is 12.5 Å². The minimum atomic E-state index is -0.173. The number of H-pyrrole nitrogens is 1. The number of benzene rings is 1. The zero-order valence-electron chi connectivity index (χ0n) is 15.6. The number of rotatable bonds is 5. The number of amides is 1. The van der Waals surface area contributed by atoms with Crippen LogP contribution in [0.4, 0.5) is 0 Å². The van der Waals surface area contributed by atoms with E-state index >= 15 is 0 Å². The van der Waals surface area contributed by atoms with Crippen LogP contribution in [0.1, 0.15) is 43.5 Å². The molecule has 1 heterocycles. The number of carbonyl (C=O) groups is 1. The molecule has 0 unspecified atom stereocenters. The molecule has 1 aromatic heterocycles. The quantitative estimate of drug-likeness (QED) is 0.788. The average Bonchev–Trinajstić information content (AvgIpc) is 2.63. The summed E-state index contributed by atoms with van der Waals surface area (Å²) in [5, 5.41) is 3.66. The van der Waals surface area contributed by atoms with Gasteiger partial charge in [0.25, 0.3) is 11.5 Å². The fraction of sp³-hybridized carbons (Fsp3) is 0.526. The smallest absolute Gasteiger partial charge is 0.261 e. The fourth-order valence-electron chi connectivity index (χ4n) is 4.17. The van der Waals surface area contributed by atoms with Crippen molar-refractivity contribution >= 4 is 29.0 Å². The van der Waals surface area contributed by atoms with Crippen LogP contribution >= 0.6 is 12.2 Å². The van der Waals surface area contributed by atoms with E-state index in [0.717, 1.165) is 19.3 Å². The molecule has 0 spiro atoms. The van der Waals surface area contributed by atoms with Crippen LogP contribution in [0.15, 0.2) is 23.0 Å². The molecule has 1 saturated carbocycles. The third kappa shape index (κ3) is 2.79. The number of aromatic nitrogens is 2. The Bertz CT molecular complexity index is 959. The Morgan fingerprint density at radius 1 is 1.42 bits per heavy atom. The third-order valence-electron chi connectivity index (χ3n) is 6.05. The van der Waals surface area contributed by atoms with Crippen molar-refractivity contribution in [2.45, 2.75) is 45.3 Å². The van der Waals surface area contributed by atoms with E-state index in [4.69, 9.17) is 17.0 Å². The van der Waals surface area contributed by atoms with Gasteiger partial charge in [0, 0.05) is 31.2 Å². The Kier molecular flexibility index (Phi) is 5.03. The monoisotopic (exact) mass is 375 g/mol. The molecule has 1 fully saturated rings. The summed E-state index contributed by atoms with van der Waals surface area (Å²) >= 11 is 5.16. The molecule has 2 N–H and O–H groups in total. The Balaban J connectivity index is 1.88. The maximum atomic E-state index is 12.8. The summed E-state index contributed by atoms with van der Waals surface area (Å²) in [6.07, 6.45) is 2.90. The first-order valence-electron chi connectivity index (χ1n) is 8.94. The molecule has 0 bridgehead atoms. The third-order valence-corrected chi connectivity index (χ3v) is 6.43. The molecule has 0 radical (unpaired) electrons. The van der Waals surface area contributed by atoms with E-state index in [9.17, 15) is 9.59 Å². The summed E-state index contributed by atoms with van der Waals surface area (Å²) in [5.41, 5.74) is 0.898. The van der Waals surface area contributed by atoms with Crippen LogP contribution in [0.2, 0.25) is 0 Å². The van der Waals surface area contributed by atoms with Gasteiger partial charge in [-0.15, -0.1) is 0 Å². The largest absolute Gasteiger partial charge is 0.381 e. The second-order valence-electron chi connectivity index (χ2n) is 6.98. The summed E-state index contributed by atoms with van der Waals surface area (Å²) in [5.74, 6) is -0.141. The Labute approximate surface area is 157 Å². The van der Waals surface area contributed by atoms with Gasteiger partial charge in [0.1, 0.15) is 0 Å². The molecule has 6 nitrogen and oxygen atoms in total. The van der Waals surface area contributed by atoms with Crippen LogP contribution in [0.5, 0.6) is 0 Å². The van der Waals surface area contributed by atoms with Gasteiger partial charge in [0.15, 0.2) is 4.77 Å². The van der Waals surface area contributed by atoms with E-state index in [0.29, 0.717) is 21.2 Å². The molecule has 2 atom stereocenters. The summed E-state index contributed by atoms with van der Waals surface area (Å²) in [6.45, 7) is 4.28. The molecular formula is C19H25N3O3S. The first-order valence-corrected chi connectivity index (χ1v) is 9.35. The predicted molar refractivity (Wildman–Crippen MR) is 104 cm³/mol. The molecule has 1 aliphatic rings. The number of ether oxygens (including phenoxy) is 1. The van der Waals surface area contributed by atoms with Gasteiger partial charge in [0.2, 0.25) is 0 Å². The summed E-state index contributed by atoms with van der Waals surface area (Å²) in [4.78, 5) is 28.0. The Hall–Kier alpha value is -1.99. The maximum absolute atomic E-state index is 12.8. The van der Waals surface area contributed by atoms with E-state index in [1.807, 2.05) is 0 Å². The lowest BCUT2D eigenvalue weighted by Crippen LogP contribution is -2.64. The first kappa shape index (κ1) is 18.8.